The van der Waals surface area contributed by atoms with Crippen molar-refractivity contribution in [1.29, 1.82) is 0 Å². The average molecular weight is 298 g/mol. The molecule has 0 fully saturated rings. The van der Waals surface area contributed by atoms with E-state index in [-0.39, 0.29) is 5.39 Å². The predicted molar refractivity (Wildman–Crippen MR) is 84.0 cm³/mol. The van der Waals surface area contributed by atoms with Gasteiger partial charge in [0.2, 0.25) is 0 Å². The lowest BCUT2D eigenvalue weighted by atomic mass is 10.2. The molecular formula is C16H15FN4O. The highest BCUT2D eigenvalue weighted by atomic mass is 19.1. The van der Waals surface area contributed by atoms with E-state index in [1.807, 2.05) is 18.2 Å². The third kappa shape index (κ3) is 2.44. The summed E-state index contributed by atoms with van der Waals surface area (Å²) < 4.78 is 15.2. The number of hydrogen-bond donors (Lipinski definition) is 2. The molecule has 1 aromatic heterocycles. The summed E-state index contributed by atoms with van der Waals surface area (Å²) in [5.41, 5.74) is 9.31. The molecule has 0 bridgehead atoms. The van der Waals surface area contributed by atoms with Gasteiger partial charge in [0.25, 0.3) is 5.56 Å². The second kappa shape index (κ2) is 5.57. The van der Waals surface area contributed by atoms with E-state index in [0.717, 1.165) is 0 Å². The van der Waals surface area contributed by atoms with Crippen molar-refractivity contribution in [3.8, 4) is 0 Å². The van der Waals surface area contributed by atoms with Crippen molar-refractivity contribution in [3.63, 3.8) is 0 Å². The van der Waals surface area contributed by atoms with Crippen LogP contribution in [-0.2, 0) is 0 Å². The fraction of sp³-hybridized carbons (Fsp3) is 0.125. The van der Waals surface area contributed by atoms with E-state index in [2.05, 4.69) is 10.4 Å². The van der Waals surface area contributed by atoms with Gasteiger partial charge in [-0.2, -0.15) is 0 Å². The molecular weight excluding hydrogens is 283 g/mol. The molecule has 5 nitrogen and oxygen atoms in total. The maximum atomic E-state index is 14.0. The number of halogens is 1. The Morgan fingerprint density at radius 3 is 2.59 bits per heavy atom. The number of hydrogen-bond acceptors (Lipinski definition) is 4. The fourth-order valence-corrected chi connectivity index (χ4v) is 2.26. The molecule has 0 unspecified atom stereocenters. The molecule has 6 heteroatoms. The number of nitrogens with two attached hydrogens (primary N) is 1. The zero-order valence-electron chi connectivity index (χ0n) is 12.0. The first-order chi connectivity index (χ1) is 10.6. The van der Waals surface area contributed by atoms with Crippen LogP contribution in [0.25, 0.3) is 10.9 Å². The Morgan fingerprint density at radius 2 is 1.91 bits per heavy atom. The lowest BCUT2D eigenvalue weighted by molar-refractivity contribution is 0.630. The first-order valence-electron chi connectivity index (χ1n) is 6.87. The van der Waals surface area contributed by atoms with Crippen molar-refractivity contribution in [2.45, 2.75) is 13.0 Å². The van der Waals surface area contributed by atoms with Crippen LogP contribution in [0.4, 0.5) is 10.1 Å². The van der Waals surface area contributed by atoms with Crippen molar-refractivity contribution in [2.75, 3.05) is 5.43 Å². The van der Waals surface area contributed by atoms with Crippen molar-refractivity contribution in [2.24, 2.45) is 5.73 Å². The Morgan fingerprint density at radius 1 is 1.18 bits per heavy atom. The van der Waals surface area contributed by atoms with Crippen LogP contribution in [0.2, 0.25) is 0 Å². The Balaban J connectivity index is 2.27. The van der Waals surface area contributed by atoms with Crippen molar-refractivity contribution >= 4 is 16.6 Å². The van der Waals surface area contributed by atoms with Crippen LogP contribution in [0.3, 0.4) is 0 Å². The Bertz CT molecular complexity index is 874. The maximum Gasteiger partial charge on any atom is 0.283 e. The summed E-state index contributed by atoms with van der Waals surface area (Å²) in [4.78, 5) is 17.0. The highest BCUT2D eigenvalue weighted by Gasteiger charge is 2.16. The molecule has 0 aliphatic rings. The Hall–Kier alpha value is -2.73. The van der Waals surface area contributed by atoms with Gasteiger partial charge in [-0.1, -0.05) is 24.3 Å². The zero-order valence-corrected chi connectivity index (χ0v) is 12.0. The lowest BCUT2D eigenvalue weighted by Crippen LogP contribution is -2.33. The first-order valence-corrected chi connectivity index (χ1v) is 6.87. The molecule has 3 rings (SSSR count). The van der Waals surface area contributed by atoms with Gasteiger partial charge in [-0.3, -0.25) is 10.2 Å². The Labute approximate surface area is 126 Å². The van der Waals surface area contributed by atoms with Crippen molar-refractivity contribution in [3.05, 3.63) is 70.5 Å². The second-order valence-corrected chi connectivity index (χ2v) is 5.01. The molecule has 1 atom stereocenters. The van der Waals surface area contributed by atoms with Crippen LogP contribution in [0.5, 0.6) is 0 Å². The third-order valence-corrected chi connectivity index (χ3v) is 3.29. The third-order valence-electron chi connectivity index (χ3n) is 3.29. The van der Waals surface area contributed by atoms with Gasteiger partial charge in [0.05, 0.1) is 17.2 Å². The molecule has 0 saturated heterocycles. The molecule has 0 spiro atoms. The first kappa shape index (κ1) is 14.2. The number of aromatic nitrogens is 2. The molecule has 112 valence electrons. The largest absolute Gasteiger partial charge is 0.322 e. The minimum atomic E-state index is -0.602. The van der Waals surface area contributed by atoms with Crippen LogP contribution >= 0.6 is 0 Å². The number of para-hydroxylation sites is 1. The van der Waals surface area contributed by atoms with E-state index >= 15 is 0 Å². The topological polar surface area (TPSA) is 72.9 Å². The summed E-state index contributed by atoms with van der Waals surface area (Å²) in [5, 5.41) is -0.0599. The van der Waals surface area contributed by atoms with E-state index in [1.165, 1.54) is 16.8 Å². The van der Waals surface area contributed by atoms with E-state index in [1.54, 1.807) is 25.1 Å². The number of benzene rings is 2. The van der Waals surface area contributed by atoms with Gasteiger partial charge in [-0.25, -0.2) is 14.1 Å². The van der Waals surface area contributed by atoms with E-state index in [4.69, 9.17) is 5.73 Å². The van der Waals surface area contributed by atoms with Crippen molar-refractivity contribution < 1.29 is 4.39 Å². The highest BCUT2D eigenvalue weighted by Crippen LogP contribution is 2.16. The summed E-state index contributed by atoms with van der Waals surface area (Å²) in [7, 11) is 0. The minimum absolute atomic E-state index is 0.0599. The molecule has 22 heavy (non-hydrogen) atoms. The van der Waals surface area contributed by atoms with Gasteiger partial charge in [-0.15, -0.1) is 0 Å². The average Bonchev–Trinajstić information content (AvgIpc) is 2.50. The van der Waals surface area contributed by atoms with E-state index < -0.39 is 17.4 Å². The van der Waals surface area contributed by atoms with Crippen molar-refractivity contribution in [1.82, 2.24) is 9.66 Å². The van der Waals surface area contributed by atoms with Gasteiger partial charge < -0.3 is 5.73 Å². The number of nitrogens with zero attached hydrogens (tertiary/aromatic N) is 2. The van der Waals surface area contributed by atoms with Crippen LogP contribution in [0, 0.1) is 5.82 Å². The van der Waals surface area contributed by atoms with Crippen LogP contribution in [0.1, 0.15) is 18.8 Å². The standard InChI is InChI=1S/C16H15FN4O/c1-10(18)15-19-13-9-5-8-12(17)14(13)16(22)21(15)20-11-6-3-2-4-7-11/h2-10,20H,18H2,1H3/t10-/m0/s1. The Kier molecular flexibility index (Phi) is 3.60. The summed E-state index contributed by atoms with van der Waals surface area (Å²) in [6.07, 6.45) is 0. The number of anilines is 1. The maximum absolute atomic E-state index is 14.0. The van der Waals surface area contributed by atoms with Crippen LogP contribution < -0.4 is 16.7 Å². The van der Waals surface area contributed by atoms with Gasteiger partial charge >= 0.3 is 0 Å². The zero-order chi connectivity index (χ0) is 15.7. The number of fused-ring (bicyclic) bond motifs is 1. The van der Waals surface area contributed by atoms with E-state index in [0.29, 0.717) is 17.0 Å². The normalized spacial score (nSPS) is 12.3. The predicted octanol–water partition coefficient (Wildman–Crippen LogP) is 2.43. The van der Waals surface area contributed by atoms with Crippen LogP contribution in [0.15, 0.2) is 53.3 Å². The molecule has 3 N–H and O–H groups in total. The van der Waals surface area contributed by atoms with Gasteiger partial charge in [0, 0.05) is 0 Å². The minimum Gasteiger partial charge on any atom is -0.322 e. The second-order valence-electron chi connectivity index (χ2n) is 5.01. The monoisotopic (exact) mass is 298 g/mol. The molecule has 2 aromatic carbocycles. The van der Waals surface area contributed by atoms with Gasteiger partial charge in [0.15, 0.2) is 0 Å². The van der Waals surface area contributed by atoms with Gasteiger partial charge in [0.1, 0.15) is 17.0 Å². The molecule has 0 aliphatic carbocycles. The summed E-state index contributed by atoms with van der Waals surface area (Å²) >= 11 is 0. The summed E-state index contributed by atoms with van der Waals surface area (Å²) in [5.74, 6) is -0.262. The fourth-order valence-electron chi connectivity index (χ4n) is 2.26. The molecule has 0 saturated carbocycles. The van der Waals surface area contributed by atoms with Gasteiger partial charge in [-0.05, 0) is 31.2 Å². The number of rotatable bonds is 3. The highest BCUT2D eigenvalue weighted by molar-refractivity contribution is 5.78. The lowest BCUT2D eigenvalue weighted by Gasteiger charge is -2.17. The molecule has 0 radical (unpaired) electrons. The number of nitrogens with one attached hydrogen (secondary N) is 1. The van der Waals surface area contributed by atoms with E-state index in [9.17, 15) is 9.18 Å². The molecule has 1 heterocycles. The SMILES string of the molecule is C[C@H](N)c1nc2cccc(F)c2c(=O)n1Nc1ccccc1. The molecule has 0 amide bonds. The summed E-state index contributed by atoms with van der Waals surface area (Å²) in [6.45, 7) is 1.72. The smallest absolute Gasteiger partial charge is 0.283 e. The molecule has 3 aromatic rings. The quantitative estimate of drug-likeness (QED) is 0.779. The molecule has 0 aliphatic heterocycles. The summed E-state index contributed by atoms with van der Waals surface area (Å²) in [6, 6.07) is 13.0. The van der Waals surface area contributed by atoms with Crippen LogP contribution in [-0.4, -0.2) is 9.66 Å².